The fourth-order valence-corrected chi connectivity index (χ4v) is 5.16. The van der Waals surface area contributed by atoms with E-state index in [1.807, 2.05) is 36.4 Å². The van der Waals surface area contributed by atoms with Crippen LogP contribution in [0, 0.1) is 0 Å². The highest BCUT2D eigenvalue weighted by atomic mass is 35.5. The van der Waals surface area contributed by atoms with Crippen LogP contribution in [0.5, 0.6) is 23.0 Å². The fraction of sp³-hybridized carbons (Fsp3) is 0.267. The van der Waals surface area contributed by atoms with E-state index in [4.69, 9.17) is 30.5 Å². The van der Waals surface area contributed by atoms with Crippen molar-refractivity contribution in [1.82, 2.24) is 4.90 Å². The van der Waals surface area contributed by atoms with Crippen LogP contribution in [-0.4, -0.2) is 36.1 Å². The van der Waals surface area contributed by atoms with Gasteiger partial charge in [0.15, 0.2) is 11.5 Å². The van der Waals surface area contributed by atoms with Gasteiger partial charge in [-0.15, -0.1) is 0 Å². The number of thioether (sulfide) groups is 1. The second kappa shape index (κ2) is 11.2. The molecule has 5 rings (SSSR count). The molecular formula is C30H28ClNO6S. The Hall–Kier alpha value is -3.62. The quantitative estimate of drug-likeness (QED) is 0.214. The van der Waals surface area contributed by atoms with Crippen LogP contribution in [0.1, 0.15) is 37.5 Å². The second-order valence-electron chi connectivity index (χ2n) is 10.1. The molecule has 3 aromatic carbocycles. The van der Waals surface area contributed by atoms with Gasteiger partial charge in [-0.25, -0.2) is 0 Å². The van der Waals surface area contributed by atoms with Gasteiger partial charge in [0.2, 0.25) is 6.79 Å². The molecule has 0 N–H and O–H groups in total. The lowest BCUT2D eigenvalue weighted by Crippen LogP contribution is -2.27. The molecule has 202 valence electrons. The van der Waals surface area contributed by atoms with Gasteiger partial charge in [0.25, 0.3) is 11.1 Å². The number of carbonyl (C=O) groups is 2. The molecule has 0 unspecified atom stereocenters. The van der Waals surface area contributed by atoms with E-state index in [0.29, 0.717) is 51.5 Å². The molecule has 0 aliphatic carbocycles. The molecule has 0 bridgehead atoms. The molecule has 2 aliphatic rings. The van der Waals surface area contributed by atoms with Gasteiger partial charge in [-0.3, -0.25) is 14.5 Å². The van der Waals surface area contributed by atoms with Crippen molar-refractivity contribution in [3.05, 3.63) is 87.3 Å². The Balaban J connectivity index is 1.22. The Morgan fingerprint density at radius 1 is 0.974 bits per heavy atom. The lowest BCUT2D eigenvalue weighted by Gasteiger charge is -2.19. The van der Waals surface area contributed by atoms with Gasteiger partial charge < -0.3 is 18.9 Å². The molecule has 3 aromatic rings. The number of rotatable bonds is 8. The van der Waals surface area contributed by atoms with Crippen molar-refractivity contribution in [2.45, 2.75) is 32.7 Å². The highest BCUT2D eigenvalue weighted by Gasteiger charge is 2.36. The van der Waals surface area contributed by atoms with E-state index >= 15 is 0 Å². The molecule has 1 saturated heterocycles. The lowest BCUT2D eigenvalue weighted by molar-refractivity contribution is -0.123. The summed E-state index contributed by atoms with van der Waals surface area (Å²) in [5, 5.41) is 0.0256. The summed E-state index contributed by atoms with van der Waals surface area (Å²) in [5.74, 6) is 2.05. The molecule has 0 saturated carbocycles. The van der Waals surface area contributed by atoms with Crippen molar-refractivity contribution in [2.24, 2.45) is 0 Å². The molecule has 2 heterocycles. The highest BCUT2D eigenvalue weighted by molar-refractivity contribution is 8.18. The average molecular weight is 566 g/mol. The standard InChI is InChI=1S/C30H28ClNO6S/c1-30(2,3)21-8-10-22(11-9-21)35-12-13-36-24-7-5-4-6-19(24)15-27-28(33)32(29(34)39-27)17-20-14-25-26(16-23(20)31)38-18-37-25/h4-11,14-16H,12-13,17-18H2,1-3H3/b27-15-. The highest BCUT2D eigenvalue weighted by Crippen LogP contribution is 2.40. The zero-order valence-corrected chi connectivity index (χ0v) is 23.4. The molecule has 9 heteroatoms. The Morgan fingerprint density at radius 2 is 1.67 bits per heavy atom. The van der Waals surface area contributed by atoms with Crippen LogP contribution < -0.4 is 18.9 Å². The Kier molecular flexibility index (Phi) is 7.77. The number of halogens is 1. The molecular weight excluding hydrogens is 538 g/mol. The van der Waals surface area contributed by atoms with E-state index in [-0.39, 0.29) is 24.0 Å². The van der Waals surface area contributed by atoms with Crippen LogP contribution in [0.2, 0.25) is 5.02 Å². The molecule has 7 nitrogen and oxygen atoms in total. The monoisotopic (exact) mass is 565 g/mol. The minimum Gasteiger partial charge on any atom is -0.490 e. The molecule has 2 aliphatic heterocycles. The molecule has 0 atom stereocenters. The van der Waals surface area contributed by atoms with Crippen LogP contribution in [0.15, 0.2) is 65.6 Å². The number of carbonyl (C=O) groups excluding carboxylic acids is 2. The number of ether oxygens (including phenoxy) is 4. The number of fused-ring (bicyclic) bond motifs is 1. The molecule has 2 amide bonds. The van der Waals surface area contributed by atoms with Crippen LogP contribution in [0.25, 0.3) is 6.08 Å². The zero-order chi connectivity index (χ0) is 27.6. The second-order valence-corrected chi connectivity index (χ2v) is 11.5. The first kappa shape index (κ1) is 27.0. The summed E-state index contributed by atoms with van der Waals surface area (Å²) in [6, 6.07) is 18.7. The summed E-state index contributed by atoms with van der Waals surface area (Å²) in [6.45, 7) is 7.32. The minimum atomic E-state index is -0.393. The maximum absolute atomic E-state index is 13.1. The third-order valence-corrected chi connectivity index (χ3v) is 7.54. The van der Waals surface area contributed by atoms with Gasteiger partial charge in [-0.05, 0) is 58.6 Å². The van der Waals surface area contributed by atoms with Crippen LogP contribution in [0.3, 0.4) is 0 Å². The molecule has 0 spiro atoms. The Bertz CT molecular complexity index is 1430. The maximum atomic E-state index is 13.1. The van der Waals surface area contributed by atoms with Crippen molar-refractivity contribution in [1.29, 1.82) is 0 Å². The molecule has 39 heavy (non-hydrogen) atoms. The normalized spacial score (nSPS) is 15.8. The fourth-order valence-electron chi connectivity index (χ4n) is 4.12. The number of amides is 2. The summed E-state index contributed by atoms with van der Waals surface area (Å²) in [7, 11) is 0. The minimum absolute atomic E-state index is 0.0314. The van der Waals surface area contributed by atoms with E-state index in [0.717, 1.165) is 17.5 Å². The van der Waals surface area contributed by atoms with E-state index in [2.05, 4.69) is 32.9 Å². The SMILES string of the molecule is CC(C)(C)c1ccc(OCCOc2ccccc2/C=C2\SC(=O)N(Cc3cc4c(cc3Cl)OCO4)C2=O)cc1. The summed E-state index contributed by atoms with van der Waals surface area (Å²) in [5.41, 5.74) is 2.61. The van der Waals surface area contributed by atoms with E-state index in [1.54, 1.807) is 18.2 Å². The van der Waals surface area contributed by atoms with E-state index in [1.165, 1.54) is 10.5 Å². The smallest absolute Gasteiger partial charge is 0.293 e. The number of hydrogen-bond donors (Lipinski definition) is 0. The average Bonchev–Trinajstić information content (AvgIpc) is 3.46. The third-order valence-electron chi connectivity index (χ3n) is 6.28. The molecule has 1 fully saturated rings. The lowest BCUT2D eigenvalue weighted by atomic mass is 9.87. The first-order valence-electron chi connectivity index (χ1n) is 12.5. The Labute approximate surface area is 236 Å². The third kappa shape index (κ3) is 6.18. The van der Waals surface area contributed by atoms with Crippen molar-refractivity contribution in [3.63, 3.8) is 0 Å². The van der Waals surface area contributed by atoms with Gasteiger partial charge in [0.05, 0.1) is 11.4 Å². The Morgan fingerprint density at radius 3 is 2.41 bits per heavy atom. The molecule has 0 aromatic heterocycles. The van der Waals surface area contributed by atoms with Crippen molar-refractivity contribution < 1.29 is 28.5 Å². The van der Waals surface area contributed by atoms with Crippen LogP contribution in [0.4, 0.5) is 4.79 Å². The van der Waals surface area contributed by atoms with E-state index in [9.17, 15) is 9.59 Å². The number of para-hydroxylation sites is 1. The zero-order valence-electron chi connectivity index (χ0n) is 21.9. The van der Waals surface area contributed by atoms with Crippen molar-refractivity contribution >= 4 is 40.6 Å². The van der Waals surface area contributed by atoms with Gasteiger partial charge in [0, 0.05) is 16.7 Å². The summed E-state index contributed by atoms with van der Waals surface area (Å²) < 4.78 is 22.5. The molecule has 0 radical (unpaired) electrons. The van der Waals surface area contributed by atoms with Crippen LogP contribution in [-0.2, 0) is 16.8 Å². The van der Waals surface area contributed by atoms with Crippen molar-refractivity contribution in [3.8, 4) is 23.0 Å². The maximum Gasteiger partial charge on any atom is 0.293 e. The van der Waals surface area contributed by atoms with Gasteiger partial charge in [0.1, 0.15) is 24.7 Å². The number of nitrogens with zero attached hydrogens (tertiary/aromatic N) is 1. The number of hydrogen-bond acceptors (Lipinski definition) is 7. The summed E-state index contributed by atoms with van der Waals surface area (Å²) in [4.78, 5) is 27.3. The van der Waals surface area contributed by atoms with E-state index < -0.39 is 5.91 Å². The van der Waals surface area contributed by atoms with Gasteiger partial charge in [-0.1, -0.05) is 62.7 Å². The first-order chi connectivity index (χ1) is 18.7. The largest absolute Gasteiger partial charge is 0.490 e. The first-order valence-corrected chi connectivity index (χ1v) is 13.7. The summed E-state index contributed by atoms with van der Waals surface area (Å²) >= 11 is 7.24. The van der Waals surface area contributed by atoms with Gasteiger partial charge >= 0.3 is 0 Å². The van der Waals surface area contributed by atoms with Gasteiger partial charge in [-0.2, -0.15) is 0 Å². The topological polar surface area (TPSA) is 74.3 Å². The predicted molar refractivity (Wildman–Crippen MR) is 152 cm³/mol. The summed E-state index contributed by atoms with van der Waals surface area (Å²) in [6.07, 6.45) is 1.67. The number of benzene rings is 3. The predicted octanol–water partition coefficient (Wildman–Crippen LogP) is 7.06. The van der Waals surface area contributed by atoms with Crippen molar-refractivity contribution in [2.75, 3.05) is 20.0 Å². The number of imide groups is 1. The van der Waals surface area contributed by atoms with Crippen LogP contribution >= 0.6 is 23.4 Å².